The summed E-state index contributed by atoms with van der Waals surface area (Å²) in [6.07, 6.45) is 7.34. The normalized spacial score (nSPS) is 11.3. The van der Waals surface area contributed by atoms with Gasteiger partial charge in [0.15, 0.2) is 0 Å². The van der Waals surface area contributed by atoms with E-state index < -0.39 is 0 Å². The molecule has 2 N–H and O–H groups in total. The number of nitrogens with zero attached hydrogens (tertiary/aromatic N) is 4. The predicted molar refractivity (Wildman–Crippen MR) is 115 cm³/mol. The lowest BCUT2D eigenvalue weighted by atomic mass is 9.95. The Morgan fingerprint density at radius 3 is 2.43 bits per heavy atom. The maximum Gasteiger partial charge on any atom is 0.127 e. The average molecular weight is 369 g/mol. The molecule has 3 heterocycles. The Bertz CT molecular complexity index is 1140. The summed E-state index contributed by atoms with van der Waals surface area (Å²) in [4.78, 5) is 15.3. The molecule has 0 saturated heterocycles. The van der Waals surface area contributed by atoms with Gasteiger partial charge in [0, 0.05) is 47.8 Å². The van der Waals surface area contributed by atoms with E-state index in [1.54, 1.807) is 0 Å². The standard InChI is InChI=1S/C23H23N5/c1-15-10-17(18-11-19(14-28(2)3)23(24)27-13-18)12-21-20(6-9-26-22(15)21)16-4-7-25-8-5-16/h4-13H,14H2,1-3H3,(H2,24,27). The maximum atomic E-state index is 6.08. The molecule has 1 aromatic carbocycles. The van der Waals surface area contributed by atoms with Crippen LogP contribution in [-0.2, 0) is 6.54 Å². The Hall–Kier alpha value is -3.31. The second kappa shape index (κ2) is 7.37. The Kier molecular flexibility index (Phi) is 4.75. The van der Waals surface area contributed by atoms with Gasteiger partial charge in [-0.3, -0.25) is 9.97 Å². The van der Waals surface area contributed by atoms with E-state index in [0.29, 0.717) is 5.82 Å². The molecule has 5 nitrogen and oxygen atoms in total. The van der Waals surface area contributed by atoms with Gasteiger partial charge in [-0.05, 0) is 79.7 Å². The first-order chi connectivity index (χ1) is 13.5. The van der Waals surface area contributed by atoms with E-state index in [1.807, 2.05) is 51.0 Å². The molecule has 0 aliphatic rings. The summed E-state index contributed by atoms with van der Waals surface area (Å²) in [6, 6.07) is 12.6. The van der Waals surface area contributed by atoms with Crippen molar-refractivity contribution in [2.75, 3.05) is 19.8 Å². The number of benzene rings is 1. The van der Waals surface area contributed by atoms with Crippen molar-refractivity contribution < 1.29 is 0 Å². The molecule has 5 heteroatoms. The number of hydrogen-bond acceptors (Lipinski definition) is 5. The number of fused-ring (bicyclic) bond motifs is 1. The van der Waals surface area contributed by atoms with Gasteiger partial charge in [0.2, 0.25) is 0 Å². The van der Waals surface area contributed by atoms with E-state index in [0.717, 1.165) is 50.8 Å². The molecule has 0 aliphatic heterocycles. The van der Waals surface area contributed by atoms with Crippen LogP contribution in [0.5, 0.6) is 0 Å². The Morgan fingerprint density at radius 1 is 0.893 bits per heavy atom. The van der Waals surface area contributed by atoms with Crippen molar-refractivity contribution in [1.29, 1.82) is 0 Å². The molecule has 140 valence electrons. The number of pyridine rings is 3. The van der Waals surface area contributed by atoms with Crippen LogP contribution in [0, 0.1) is 6.92 Å². The summed E-state index contributed by atoms with van der Waals surface area (Å²) in [7, 11) is 4.05. The average Bonchev–Trinajstić information content (AvgIpc) is 2.69. The minimum Gasteiger partial charge on any atom is -0.383 e. The molecule has 28 heavy (non-hydrogen) atoms. The van der Waals surface area contributed by atoms with Crippen LogP contribution in [0.15, 0.2) is 61.2 Å². The molecule has 0 unspecified atom stereocenters. The van der Waals surface area contributed by atoms with Crippen LogP contribution in [-0.4, -0.2) is 33.9 Å². The van der Waals surface area contributed by atoms with Crippen molar-refractivity contribution in [3.8, 4) is 22.3 Å². The second-order valence-electron chi connectivity index (χ2n) is 7.29. The summed E-state index contributed by atoms with van der Waals surface area (Å²) in [5.41, 5.74) is 13.7. The van der Waals surface area contributed by atoms with Crippen LogP contribution < -0.4 is 5.73 Å². The van der Waals surface area contributed by atoms with Gasteiger partial charge in [-0.15, -0.1) is 0 Å². The molecule has 4 aromatic rings. The van der Waals surface area contributed by atoms with Gasteiger partial charge in [0.05, 0.1) is 5.52 Å². The third kappa shape index (κ3) is 3.44. The molecule has 0 saturated carbocycles. The van der Waals surface area contributed by atoms with Crippen LogP contribution in [0.4, 0.5) is 5.82 Å². The molecule has 4 rings (SSSR count). The second-order valence-corrected chi connectivity index (χ2v) is 7.29. The van der Waals surface area contributed by atoms with Gasteiger partial charge >= 0.3 is 0 Å². The first-order valence-electron chi connectivity index (χ1n) is 9.22. The van der Waals surface area contributed by atoms with Crippen LogP contribution in [0.1, 0.15) is 11.1 Å². The molecule has 0 radical (unpaired) electrons. The van der Waals surface area contributed by atoms with Gasteiger partial charge in [-0.1, -0.05) is 0 Å². The highest BCUT2D eigenvalue weighted by molar-refractivity contribution is 5.98. The Morgan fingerprint density at radius 2 is 1.68 bits per heavy atom. The number of nitrogen functional groups attached to an aromatic ring is 1. The van der Waals surface area contributed by atoms with Crippen LogP contribution in [0.25, 0.3) is 33.2 Å². The summed E-state index contributed by atoms with van der Waals surface area (Å²) < 4.78 is 0. The highest BCUT2D eigenvalue weighted by Gasteiger charge is 2.11. The zero-order chi connectivity index (χ0) is 19.7. The quantitative estimate of drug-likeness (QED) is 0.580. The van der Waals surface area contributed by atoms with Gasteiger partial charge in [0.1, 0.15) is 5.82 Å². The monoisotopic (exact) mass is 369 g/mol. The van der Waals surface area contributed by atoms with Crippen LogP contribution >= 0.6 is 0 Å². The predicted octanol–water partition coefficient (Wildman–Crippen LogP) is 4.31. The van der Waals surface area contributed by atoms with Gasteiger partial charge in [-0.25, -0.2) is 4.98 Å². The van der Waals surface area contributed by atoms with E-state index in [2.05, 4.69) is 51.0 Å². The van der Waals surface area contributed by atoms with Gasteiger partial charge < -0.3 is 10.6 Å². The number of anilines is 1. The first-order valence-corrected chi connectivity index (χ1v) is 9.22. The molecule has 3 aromatic heterocycles. The largest absolute Gasteiger partial charge is 0.383 e. The van der Waals surface area contributed by atoms with Crippen LogP contribution in [0.3, 0.4) is 0 Å². The molecule has 0 fully saturated rings. The lowest BCUT2D eigenvalue weighted by Gasteiger charge is -2.14. The summed E-state index contributed by atoms with van der Waals surface area (Å²) in [5, 5.41) is 1.12. The van der Waals surface area contributed by atoms with Gasteiger partial charge in [-0.2, -0.15) is 0 Å². The van der Waals surface area contributed by atoms with Crippen molar-refractivity contribution in [3.05, 3.63) is 72.3 Å². The van der Waals surface area contributed by atoms with E-state index in [4.69, 9.17) is 5.73 Å². The Balaban J connectivity index is 1.90. The van der Waals surface area contributed by atoms with E-state index in [1.165, 1.54) is 0 Å². The number of aromatic nitrogens is 3. The van der Waals surface area contributed by atoms with Crippen molar-refractivity contribution in [1.82, 2.24) is 19.9 Å². The van der Waals surface area contributed by atoms with Crippen LogP contribution in [0.2, 0.25) is 0 Å². The Labute approximate surface area is 164 Å². The molecule has 0 amide bonds. The van der Waals surface area contributed by atoms with Gasteiger partial charge in [0.25, 0.3) is 0 Å². The fourth-order valence-corrected chi connectivity index (χ4v) is 3.53. The lowest BCUT2D eigenvalue weighted by Crippen LogP contribution is -2.13. The molecular weight excluding hydrogens is 346 g/mol. The highest BCUT2D eigenvalue weighted by atomic mass is 15.1. The SMILES string of the molecule is Cc1cc(-c2cnc(N)c(CN(C)C)c2)cc2c(-c3ccncc3)ccnc12. The third-order valence-electron chi connectivity index (χ3n) is 4.85. The number of aryl methyl sites for hydroxylation is 1. The minimum atomic E-state index is 0.578. The zero-order valence-corrected chi connectivity index (χ0v) is 16.3. The number of rotatable bonds is 4. The topological polar surface area (TPSA) is 67.9 Å². The fourth-order valence-electron chi connectivity index (χ4n) is 3.53. The first kappa shape index (κ1) is 18.1. The number of nitrogens with two attached hydrogens (primary N) is 1. The molecule has 0 bridgehead atoms. The highest BCUT2D eigenvalue weighted by Crippen LogP contribution is 2.33. The summed E-state index contributed by atoms with van der Waals surface area (Å²) in [5.74, 6) is 0.578. The third-order valence-corrected chi connectivity index (χ3v) is 4.85. The minimum absolute atomic E-state index is 0.578. The summed E-state index contributed by atoms with van der Waals surface area (Å²) >= 11 is 0. The number of hydrogen-bond donors (Lipinski definition) is 1. The van der Waals surface area contributed by atoms with Crippen molar-refractivity contribution in [2.24, 2.45) is 0 Å². The van der Waals surface area contributed by atoms with E-state index in [-0.39, 0.29) is 0 Å². The fraction of sp³-hybridized carbons (Fsp3) is 0.174. The van der Waals surface area contributed by atoms with Crippen molar-refractivity contribution >= 4 is 16.7 Å². The zero-order valence-electron chi connectivity index (χ0n) is 16.3. The van der Waals surface area contributed by atoms with E-state index in [9.17, 15) is 0 Å². The molecule has 0 aliphatic carbocycles. The van der Waals surface area contributed by atoms with Crippen molar-refractivity contribution in [3.63, 3.8) is 0 Å². The van der Waals surface area contributed by atoms with E-state index >= 15 is 0 Å². The van der Waals surface area contributed by atoms with Crippen molar-refractivity contribution in [2.45, 2.75) is 13.5 Å². The molecular formula is C23H23N5. The molecule has 0 atom stereocenters. The lowest BCUT2D eigenvalue weighted by molar-refractivity contribution is 0.403. The molecule has 0 spiro atoms. The summed E-state index contributed by atoms with van der Waals surface area (Å²) in [6.45, 7) is 2.85. The smallest absolute Gasteiger partial charge is 0.127 e. The maximum absolute atomic E-state index is 6.08.